The van der Waals surface area contributed by atoms with Gasteiger partial charge in [-0.2, -0.15) is 0 Å². The number of benzene rings is 2. The lowest BCUT2D eigenvalue weighted by atomic mass is 10.1. The summed E-state index contributed by atoms with van der Waals surface area (Å²) in [6.45, 7) is 1.72. The zero-order chi connectivity index (χ0) is 17.3. The van der Waals surface area contributed by atoms with E-state index in [1.54, 1.807) is 11.5 Å². The molecule has 2 N–H and O–H groups in total. The predicted octanol–water partition coefficient (Wildman–Crippen LogP) is 2.64. The summed E-state index contributed by atoms with van der Waals surface area (Å²) < 4.78 is 1.63. The zero-order valence-electron chi connectivity index (χ0n) is 12.7. The molecule has 0 atom stereocenters. The van der Waals surface area contributed by atoms with Gasteiger partial charge in [0, 0.05) is 5.56 Å². The number of hydrogen-bond donors (Lipinski definition) is 2. The smallest absolute Gasteiger partial charge is 0.335 e. The summed E-state index contributed by atoms with van der Waals surface area (Å²) in [4.78, 5) is 22.6. The number of rotatable bonds is 4. The Morgan fingerprint density at radius 3 is 2.04 bits per heavy atom. The highest BCUT2D eigenvalue weighted by molar-refractivity contribution is 5.94. The Morgan fingerprint density at radius 1 is 0.917 bits per heavy atom. The van der Waals surface area contributed by atoms with Crippen LogP contribution in [0.4, 0.5) is 0 Å². The summed E-state index contributed by atoms with van der Waals surface area (Å²) in [6.07, 6.45) is 0. The highest BCUT2D eigenvalue weighted by Crippen LogP contribution is 2.24. The molecule has 120 valence electrons. The molecule has 0 radical (unpaired) electrons. The number of nitrogens with zero attached hydrogens (tertiary/aromatic N) is 3. The Kier molecular flexibility index (Phi) is 3.83. The second-order valence-corrected chi connectivity index (χ2v) is 5.15. The average Bonchev–Trinajstić information content (AvgIpc) is 2.96. The maximum absolute atomic E-state index is 11.3. The standard InChI is InChI=1S/C17H13N3O4/c1-10-18-19-15(11-5-3-2-4-6-11)20(10)14-8-12(16(21)22)7-13(9-14)17(23)24/h2-9H,1H3,(H,21,22)(H,23,24). The largest absolute Gasteiger partial charge is 0.478 e. The summed E-state index contributed by atoms with van der Waals surface area (Å²) >= 11 is 0. The van der Waals surface area contributed by atoms with Gasteiger partial charge in [-0.05, 0) is 25.1 Å². The van der Waals surface area contributed by atoms with Crippen LogP contribution in [0.25, 0.3) is 17.1 Å². The van der Waals surface area contributed by atoms with E-state index in [0.717, 1.165) is 11.6 Å². The van der Waals surface area contributed by atoms with Crippen molar-refractivity contribution in [2.24, 2.45) is 0 Å². The summed E-state index contributed by atoms with van der Waals surface area (Å²) in [6, 6.07) is 13.2. The van der Waals surface area contributed by atoms with E-state index in [0.29, 0.717) is 17.3 Å². The molecular formula is C17H13N3O4. The average molecular weight is 323 g/mol. The Labute approximate surface area is 136 Å². The van der Waals surface area contributed by atoms with Gasteiger partial charge < -0.3 is 10.2 Å². The molecule has 0 fully saturated rings. The molecule has 0 bridgehead atoms. The quantitative estimate of drug-likeness (QED) is 0.764. The van der Waals surface area contributed by atoms with E-state index in [9.17, 15) is 19.8 Å². The van der Waals surface area contributed by atoms with Crippen LogP contribution in [0.5, 0.6) is 0 Å². The van der Waals surface area contributed by atoms with Crippen LogP contribution in [0.3, 0.4) is 0 Å². The maximum atomic E-state index is 11.3. The van der Waals surface area contributed by atoms with E-state index < -0.39 is 11.9 Å². The molecule has 7 nitrogen and oxygen atoms in total. The first kappa shape index (κ1) is 15.4. The van der Waals surface area contributed by atoms with Crippen molar-refractivity contribution in [2.45, 2.75) is 6.92 Å². The molecule has 2 aromatic carbocycles. The van der Waals surface area contributed by atoms with Crippen LogP contribution in [0.1, 0.15) is 26.5 Å². The molecular weight excluding hydrogens is 310 g/mol. The third kappa shape index (κ3) is 2.74. The van der Waals surface area contributed by atoms with Crippen molar-refractivity contribution in [2.75, 3.05) is 0 Å². The Balaban J connectivity index is 2.25. The minimum absolute atomic E-state index is 0.114. The second kappa shape index (κ2) is 5.96. The summed E-state index contributed by atoms with van der Waals surface area (Å²) in [7, 11) is 0. The normalized spacial score (nSPS) is 10.5. The fraction of sp³-hybridized carbons (Fsp3) is 0.0588. The molecule has 0 aliphatic rings. The van der Waals surface area contributed by atoms with Crippen molar-refractivity contribution in [3.63, 3.8) is 0 Å². The summed E-state index contributed by atoms with van der Waals surface area (Å²) in [5, 5.41) is 26.6. The fourth-order valence-corrected chi connectivity index (χ4v) is 2.43. The number of carbonyl (C=O) groups is 2. The molecule has 0 aliphatic carbocycles. The third-order valence-electron chi connectivity index (χ3n) is 3.53. The number of hydrogen-bond acceptors (Lipinski definition) is 4. The lowest BCUT2D eigenvalue weighted by Gasteiger charge is -2.11. The highest BCUT2D eigenvalue weighted by atomic mass is 16.4. The van der Waals surface area contributed by atoms with Crippen LogP contribution in [0, 0.1) is 6.92 Å². The van der Waals surface area contributed by atoms with Gasteiger partial charge in [0.15, 0.2) is 5.82 Å². The van der Waals surface area contributed by atoms with Crippen molar-refractivity contribution in [3.8, 4) is 17.1 Å². The van der Waals surface area contributed by atoms with Crippen LogP contribution in [-0.4, -0.2) is 36.9 Å². The molecule has 24 heavy (non-hydrogen) atoms. The number of aryl methyl sites for hydroxylation is 1. The topological polar surface area (TPSA) is 105 Å². The molecule has 3 aromatic rings. The van der Waals surface area contributed by atoms with E-state index in [1.807, 2.05) is 30.3 Å². The Morgan fingerprint density at radius 2 is 1.50 bits per heavy atom. The van der Waals surface area contributed by atoms with Gasteiger partial charge in [-0.1, -0.05) is 30.3 Å². The lowest BCUT2D eigenvalue weighted by molar-refractivity contribution is 0.0696. The zero-order valence-corrected chi connectivity index (χ0v) is 12.7. The molecule has 0 saturated heterocycles. The number of carboxylic acids is 2. The van der Waals surface area contributed by atoms with Crippen LogP contribution < -0.4 is 0 Å². The first-order valence-electron chi connectivity index (χ1n) is 7.07. The van der Waals surface area contributed by atoms with Gasteiger partial charge in [-0.25, -0.2) is 9.59 Å². The first-order chi connectivity index (χ1) is 11.5. The SMILES string of the molecule is Cc1nnc(-c2ccccc2)n1-c1cc(C(=O)O)cc(C(=O)O)c1. The molecule has 0 saturated carbocycles. The first-order valence-corrected chi connectivity index (χ1v) is 7.07. The van der Waals surface area contributed by atoms with Gasteiger partial charge >= 0.3 is 11.9 Å². The molecule has 1 heterocycles. The van der Waals surface area contributed by atoms with Crippen molar-refractivity contribution in [1.29, 1.82) is 0 Å². The third-order valence-corrected chi connectivity index (χ3v) is 3.53. The van der Waals surface area contributed by atoms with Crippen LogP contribution in [0.2, 0.25) is 0 Å². The maximum Gasteiger partial charge on any atom is 0.335 e. The van der Waals surface area contributed by atoms with Crippen LogP contribution in [-0.2, 0) is 0 Å². The van der Waals surface area contributed by atoms with Crippen LogP contribution in [0.15, 0.2) is 48.5 Å². The van der Waals surface area contributed by atoms with Gasteiger partial charge in [0.25, 0.3) is 0 Å². The molecule has 0 unspecified atom stereocenters. The fourth-order valence-electron chi connectivity index (χ4n) is 2.43. The van der Waals surface area contributed by atoms with E-state index in [-0.39, 0.29) is 11.1 Å². The van der Waals surface area contributed by atoms with E-state index >= 15 is 0 Å². The monoisotopic (exact) mass is 323 g/mol. The molecule has 1 aromatic heterocycles. The minimum atomic E-state index is -1.20. The van der Waals surface area contributed by atoms with Gasteiger partial charge in [-0.3, -0.25) is 4.57 Å². The van der Waals surface area contributed by atoms with Crippen molar-refractivity contribution < 1.29 is 19.8 Å². The van der Waals surface area contributed by atoms with Crippen molar-refractivity contribution >= 4 is 11.9 Å². The Bertz CT molecular complexity index is 900. The van der Waals surface area contributed by atoms with Crippen molar-refractivity contribution in [1.82, 2.24) is 14.8 Å². The number of aromatic carboxylic acids is 2. The predicted molar refractivity (Wildman–Crippen MR) is 85.5 cm³/mol. The van der Waals surface area contributed by atoms with E-state index in [2.05, 4.69) is 10.2 Å². The van der Waals surface area contributed by atoms with E-state index in [1.165, 1.54) is 12.1 Å². The van der Waals surface area contributed by atoms with Crippen molar-refractivity contribution in [3.05, 3.63) is 65.5 Å². The van der Waals surface area contributed by atoms with Gasteiger partial charge in [0.05, 0.1) is 16.8 Å². The summed E-state index contributed by atoms with van der Waals surface area (Å²) in [5.74, 6) is -1.38. The molecule has 0 amide bonds. The van der Waals surface area contributed by atoms with Gasteiger partial charge in [0.1, 0.15) is 5.82 Å². The lowest BCUT2D eigenvalue weighted by Crippen LogP contribution is -2.07. The second-order valence-electron chi connectivity index (χ2n) is 5.15. The molecule has 0 spiro atoms. The number of aromatic nitrogens is 3. The molecule has 0 aliphatic heterocycles. The minimum Gasteiger partial charge on any atom is -0.478 e. The molecule has 3 rings (SSSR count). The number of carboxylic acid groups (broad SMARTS) is 2. The highest BCUT2D eigenvalue weighted by Gasteiger charge is 2.17. The van der Waals surface area contributed by atoms with Gasteiger partial charge in [-0.15, -0.1) is 10.2 Å². The van der Waals surface area contributed by atoms with Gasteiger partial charge in [0.2, 0.25) is 0 Å². The summed E-state index contributed by atoms with van der Waals surface area (Å²) in [5.41, 5.74) is 0.943. The molecule has 7 heteroatoms. The van der Waals surface area contributed by atoms with E-state index in [4.69, 9.17) is 0 Å². The van der Waals surface area contributed by atoms with Crippen LogP contribution >= 0.6 is 0 Å². The Hall–Kier alpha value is -3.48.